The molecule has 3 rings (SSSR count). The predicted molar refractivity (Wildman–Crippen MR) is 102 cm³/mol. The van der Waals surface area contributed by atoms with Gasteiger partial charge in [0.2, 0.25) is 10.0 Å². The molecule has 0 amide bonds. The number of rotatable bonds is 6. The summed E-state index contributed by atoms with van der Waals surface area (Å²) in [5.74, 6) is 0.693. The van der Waals surface area contributed by atoms with Crippen LogP contribution in [0.1, 0.15) is 22.8 Å². The van der Waals surface area contributed by atoms with Crippen molar-refractivity contribution in [2.75, 3.05) is 19.8 Å². The highest BCUT2D eigenvalue weighted by Crippen LogP contribution is 2.35. The zero-order valence-electron chi connectivity index (χ0n) is 14.5. The Balaban J connectivity index is 1.68. The van der Waals surface area contributed by atoms with Crippen molar-refractivity contribution in [1.82, 2.24) is 4.72 Å². The molecule has 0 atom stereocenters. The van der Waals surface area contributed by atoms with Crippen molar-refractivity contribution in [3.8, 4) is 11.5 Å². The fourth-order valence-electron chi connectivity index (χ4n) is 2.49. The average Bonchev–Trinajstić information content (AvgIpc) is 2.66. The summed E-state index contributed by atoms with van der Waals surface area (Å²) in [6, 6.07) is 9.12. The van der Waals surface area contributed by atoms with E-state index in [0.717, 1.165) is 10.0 Å². The summed E-state index contributed by atoms with van der Waals surface area (Å²) in [7, 11) is -3.56. The molecule has 0 aliphatic carbocycles. The lowest BCUT2D eigenvalue weighted by molar-refractivity contribution is 0.0471. The third-order valence-electron chi connectivity index (χ3n) is 3.80. The molecule has 2 aromatic carbocycles. The highest BCUT2D eigenvalue weighted by atomic mass is 79.9. The van der Waals surface area contributed by atoms with Gasteiger partial charge in [0.25, 0.3) is 0 Å². The van der Waals surface area contributed by atoms with Gasteiger partial charge in [-0.2, -0.15) is 0 Å². The van der Waals surface area contributed by atoms with Gasteiger partial charge in [0.1, 0.15) is 19.8 Å². The van der Waals surface area contributed by atoms with Crippen LogP contribution in [0.25, 0.3) is 0 Å². The van der Waals surface area contributed by atoms with Crippen LogP contribution in [0.2, 0.25) is 0 Å². The van der Waals surface area contributed by atoms with Crippen LogP contribution in [-0.2, 0) is 21.4 Å². The number of sulfonamides is 1. The SMILES string of the molecule is CCNS(=O)(=O)c1ccc(C(=O)OCc2cc3c(cc2Br)OCCO3)cc1. The maximum absolute atomic E-state index is 12.2. The molecule has 144 valence electrons. The number of carbonyl (C=O) groups is 1. The molecule has 2 aromatic rings. The maximum atomic E-state index is 12.2. The molecule has 0 spiro atoms. The predicted octanol–water partition coefficient (Wildman–Crippen LogP) is 2.88. The fraction of sp³-hybridized carbons (Fsp3) is 0.278. The summed E-state index contributed by atoms with van der Waals surface area (Å²) in [6.45, 7) is 2.98. The van der Waals surface area contributed by atoms with Gasteiger partial charge in [0, 0.05) is 16.6 Å². The van der Waals surface area contributed by atoms with E-state index in [2.05, 4.69) is 20.7 Å². The summed E-state index contributed by atoms with van der Waals surface area (Å²) in [5, 5.41) is 0. The quantitative estimate of drug-likeness (QED) is 0.673. The monoisotopic (exact) mass is 455 g/mol. The van der Waals surface area contributed by atoms with Crippen LogP contribution in [0.3, 0.4) is 0 Å². The number of benzene rings is 2. The summed E-state index contributed by atoms with van der Waals surface area (Å²) >= 11 is 3.43. The van der Waals surface area contributed by atoms with E-state index in [-0.39, 0.29) is 23.6 Å². The minimum absolute atomic E-state index is 0.0352. The van der Waals surface area contributed by atoms with Gasteiger partial charge in [-0.1, -0.05) is 22.9 Å². The number of carbonyl (C=O) groups excluding carboxylic acids is 1. The van der Waals surface area contributed by atoms with Gasteiger partial charge in [0.15, 0.2) is 11.5 Å². The van der Waals surface area contributed by atoms with E-state index in [9.17, 15) is 13.2 Å². The van der Waals surface area contributed by atoms with Crippen LogP contribution in [-0.4, -0.2) is 34.1 Å². The number of hydrogen-bond donors (Lipinski definition) is 1. The molecule has 7 nitrogen and oxygen atoms in total. The van der Waals surface area contributed by atoms with E-state index in [4.69, 9.17) is 14.2 Å². The first kappa shape index (κ1) is 19.7. The van der Waals surface area contributed by atoms with E-state index in [0.29, 0.717) is 24.7 Å². The minimum Gasteiger partial charge on any atom is -0.486 e. The van der Waals surface area contributed by atoms with Gasteiger partial charge in [-0.25, -0.2) is 17.9 Å². The van der Waals surface area contributed by atoms with Crippen molar-refractivity contribution in [3.05, 3.63) is 52.0 Å². The Morgan fingerprint density at radius 2 is 1.78 bits per heavy atom. The van der Waals surface area contributed by atoms with Crippen LogP contribution in [0, 0.1) is 0 Å². The molecule has 27 heavy (non-hydrogen) atoms. The Kier molecular flexibility index (Phi) is 6.03. The number of halogens is 1. The summed E-state index contributed by atoms with van der Waals surface area (Å²) in [4.78, 5) is 12.3. The molecular formula is C18H18BrNO6S. The van der Waals surface area contributed by atoms with Gasteiger partial charge < -0.3 is 14.2 Å². The molecule has 1 N–H and O–H groups in total. The molecular weight excluding hydrogens is 438 g/mol. The number of esters is 1. The van der Waals surface area contributed by atoms with Crippen molar-refractivity contribution in [1.29, 1.82) is 0 Å². The molecule has 0 saturated carbocycles. The number of nitrogens with one attached hydrogen (secondary N) is 1. The molecule has 0 radical (unpaired) electrons. The molecule has 0 bridgehead atoms. The highest BCUT2D eigenvalue weighted by Gasteiger charge is 2.17. The van der Waals surface area contributed by atoms with Crippen LogP contribution in [0.5, 0.6) is 11.5 Å². The molecule has 1 aliphatic rings. The van der Waals surface area contributed by atoms with Crippen LogP contribution in [0.4, 0.5) is 0 Å². The van der Waals surface area contributed by atoms with Gasteiger partial charge in [-0.05, 0) is 36.4 Å². The van der Waals surface area contributed by atoms with Crippen molar-refractivity contribution in [2.24, 2.45) is 0 Å². The lowest BCUT2D eigenvalue weighted by atomic mass is 10.2. The van der Waals surface area contributed by atoms with Gasteiger partial charge in [0.05, 0.1) is 10.5 Å². The maximum Gasteiger partial charge on any atom is 0.338 e. The highest BCUT2D eigenvalue weighted by molar-refractivity contribution is 9.10. The van der Waals surface area contributed by atoms with E-state index in [1.54, 1.807) is 19.1 Å². The molecule has 1 aliphatic heterocycles. The normalized spacial score (nSPS) is 13.3. The van der Waals surface area contributed by atoms with Crippen LogP contribution in [0.15, 0.2) is 45.8 Å². The third kappa shape index (κ3) is 4.60. The number of fused-ring (bicyclic) bond motifs is 1. The second-order valence-electron chi connectivity index (χ2n) is 5.69. The van der Waals surface area contributed by atoms with E-state index < -0.39 is 16.0 Å². The van der Waals surface area contributed by atoms with Crippen molar-refractivity contribution in [2.45, 2.75) is 18.4 Å². The van der Waals surface area contributed by atoms with Gasteiger partial charge in [-0.3, -0.25) is 0 Å². The van der Waals surface area contributed by atoms with Gasteiger partial charge >= 0.3 is 5.97 Å². The van der Waals surface area contributed by atoms with Crippen molar-refractivity contribution >= 4 is 31.9 Å². The molecule has 0 fully saturated rings. The van der Waals surface area contributed by atoms with E-state index in [1.165, 1.54) is 24.3 Å². The van der Waals surface area contributed by atoms with Crippen molar-refractivity contribution in [3.63, 3.8) is 0 Å². The number of ether oxygens (including phenoxy) is 3. The van der Waals surface area contributed by atoms with E-state index >= 15 is 0 Å². The lowest BCUT2D eigenvalue weighted by Crippen LogP contribution is -2.23. The Morgan fingerprint density at radius 1 is 1.15 bits per heavy atom. The summed E-state index contributed by atoms with van der Waals surface area (Å²) < 4.78 is 43.3. The molecule has 0 saturated heterocycles. The Labute approximate surface area is 165 Å². The topological polar surface area (TPSA) is 90.9 Å². The summed E-state index contributed by atoms with van der Waals surface area (Å²) in [5.41, 5.74) is 0.998. The van der Waals surface area contributed by atoms with Crippen LogP contribution < -0.4 is 14.2 Å². The first-order valence-corrected chi connectivity index (χ1v) is 10.5. The molecule has 0 unspecified atom stereocenters. The van der Waals surface area contributed by atoms with E-state index in [1.807, 2.05) is 0 Å². The average molecular weight is 456 g/mol. The zero-order chi connectivity index (χ0) is 19.4. The molecule has 9 heteroatoms. The molecule has 1 heterocycles. The second kappa shape index (κ2) is 8.28. The fourth-order valence-corrected chi connectivity index (χ4v) is 3.96. The Morgan fingerprint density at radius 3 is 2.41 bits per heavy atom. The zero-order valence-corrected chi connectivity index (χ0v) is 16.9. The van der Waals surface area contributed by atoms with Crippen LogP contribution >= 0.6 is 15.9 Å². The second-order valence-corrected chi connectivity index (χ2v) is 8.31. The third-order valence-corrected chi connectivity index (χ3v) is 6.10. The smallest absolute Gasteiger partial charge is 0.338 e. The minimum atomic E-state index is -3.56. The van der Waals surface area contributed by atoms with Gasteiger partial charge in [-0.15, -0.1) is 0 Å². The van der Waals surface area contributed by atoms with Crippen molar-refractivity contribution < 1.29 is 27.4 Å². The Hall–Kier alpha value is -2.10. The first-order valence-electron chi connectivity index (χ1n) is 8.25. The molecule has 0 aromatic heterocycles. The largest absolute Gasteiger partial charge is 0.486 e. The first-order chi connectivity index (χ1) is 12.9. The summed E-state index contributed by atoms with van der Waals surface area (Å²) in [6.07, 6.45) is 0. The lowest BCUT2D eigenvalue weighted by Gasteiger charge is -2.19. The number of hydrogen-bond acceptors (Lipinski definition) is 6. The standard InChI is InChI=1S/C18H18BrNO6S/c1-2-20-27(22,23)14-5-3-12(4-6-14)18(21)26-11-13-9-16-17(10-15(13)19)25-8-7-24-16/h3-6,9-10,20H,2,7-8,11H2,1H3. The Bertz CT molecular complexity index is 943.